The van der Waals surface area contributed by atoms with Crippen LogP contribution in [-0.4, -0.2) is 11.3 Å². The fourth-order valence-corrected chi connectivity index (χ4v) is 4.14. The number of fused-ring (bicyclic) bond motifs is 1. The molecule has 0 saturated heterocycles. The number of aromatic nitrogens is 1. The first-order valence-corrected chi connectivity index (χ1v) is 12.2. The van der Waals surface area contributed by atoms with Crippen LogP contribution in [0.3, 0.4) is 0 Å². The average Bonchev–Trinajstić information content (AvgIpc) is 2.95. The van der Waals surface area contributed by atoms with Crippen molar-refractivity contribution in [2.75, 3.05) is 0 Å². The number of aldehydes is 1. The van der Waals surface area contributed by atoms with Crippen LogP contribution in [0.1, 0.15) is 22.9 Å². The zero-order valence-electron chi connectivity index (χ0n) is 19.9. The Balaban J connectivity index is 1.26. The highest BCUT2D eigenvalue weighted by Gasteiger charge is 2.17. The maximum atomic E-state index is 11.8. The fourth-order valence-electron chi connectivity index (χ4n) is 3.90. The summed E-state index contributed by atoms with van der Waals surface area (Å²) in [4.78, 5) is 16.4. The Kier molecular flexibility index (Phi) is 7.63. The zero-order chi connectivity index (χ0) is 25.5. The molecule has 0 N–H and O–H groups in total. The summed E-state index contributed by atoms with van der Waals surface area (Å²) in [7, 11) is 0. The number of halogens is 1. The molecule has 0 aliphatic rings. The second kappa shape index (κ2) is 11.6. The fraction of sp³-hybridized carbons (Fsp3) is 0.0968. The van der Waals surface area contributed by atoms with Crippen molar-refractivity contribution in [3.05, 3.63) is 131 Å². The van der Waals surface area contributed by atoms with E-state index in [4.69, 9.17) is 25.8 Å². The summed E-state index contributed by atoms with van der Waals surface area (Å²) in [6.45, 7) is 0.541. The smallest absolute Gasteiger partial charge is 0.179 e. The Hall–Kier alpha value is -4.35. The molecule has 1 unspecified atom stereocenters. The lowest BCUT2D eigenvalue weighted by atomic mass is 10.1. The zero-order valence-corrected chi connectivity index (χ0v) is 20.7. The largest absolute Gasteiger partial charge is 0.489 e. The SMILES string of the molecule is O=CC(Oc1c(Cl)cccc1COc1cccc(OCc2ccc3ccccc3n2)c1)c1ccccc1. The Bertz CT molecular complexity index is 1510. The molecule has 4 aromatic carbocycles. The minimum Gasteiger partial charge on any atom is -0.489 e. The van der Waals surface area contributed by atoms with E-state index in [2.05, 4.69) is 4.98 Å². The molecule has 0 aliphatic carbocycles. The quantitative estimate of drug-likeness (QED) is 0.184. The molecule has 184 valence electrons. The second-order valence-electron chi connectivity index (χ2n) is 8.36. The predicted molar refractivity (Wildman–Crippen MR) is 144 cm³/mol. The molecule has 5 rings (SSSR count). The first-order chi connectivity index (χ1) is 18.2. The van der Waals surface area contributed by atoms with Gasteiger partial charge in [-0.2, -0.15) is 0 Å². The number of carbonyl (C=O) groups is 1. The normalized spacial score (nSPS) is 11.6. The lowest BCUT2D eigenvalue weighted by Gasteiger charge is -2.18. The number of hydrogen-bond acceptors (Lipinski definition) is 5. The Morgan fingerprint density at radius 2 is 1.49 bits per heavy atom. The van der Waals surface area contributed by atoms with E-state index in [-0.39, 0.29) is 6.61 Å². The van der Waals surface area contributed by atoms with E-state index in [0.717, 1.165) is 34.0 Å². The van der Waals surface area contributed by atoms with Gasteiger partial charge in [-0.15, -0.1) is 0 Å². The molecule has 0 saturated carbocycles. The lowest BCUT2D eigenvalue weighted by molar-refractivity contribution is -0.113. The number of ether oxygens (including phenoxy) is 3. The van der Waals surface area contributed by atoms with Crippen molar-refractivity contribution in [1.82, 2.24) is 4.98 Å². The number of benzene rings is 4. The second-order valence-corrected chi connectivity index (χ2v) is 8.77. The minimum absolute atomic E-state index is 0.200. The third kappa shape index (κ3) is 6.08. The van der Waals surface area contributed by atoms with Crippen molar-refractivity contribution < 1.29 is 19.0 Å². The number of pyridine rings is 1. The van der Waals surface area contributed by atoms with E-state index in [1.54, 1.807) is 6.07 Å². The summed E-state index contributed by atoms with van der Waals surface area (Å²) in [5.41, 5.74) is 3.25. The van der Waals surface area contributed by atoms with Crippen molar-refractivity contribution in [3.63, 3.8) is 0 Å². The first kappa shape index (κ1) is 24.3. The highest BCUT2D eigenvalue weighted by Crippen LogP contribution is 2.33. The molecule has 1 aromatic heterocycles. The van der Waals surface area contributed by atoms with Gasteiger partial charge in [0.15, 0.2) is 12.4 Å². The molecule has 5 nitrogen and oxygen atoms in total. The molecule has 0 spiro atoms. The molecule has 0 fully saturated rings. The van der Waals surface area contributed by atoms with Crippen LogP contribution in [0.2, 0.25) is 5.02 Å². The van der Waals surface area contributed by atoms with Gasteiger partial charge in [0.05, 0.1) is 16.2 Å². The molecule has 37 heavy (non-hydrogen) atoms. The summed E-state index contributed by atoms with van der Waals surface area (Å²) in [6, 6.07) is 34.1. The molecule has 0 bridgehead atoms. The van der Waals surface area contributed by atoms with Crippen molar-refractivity contribution in [2.24, 2.45) is 0 Å². The maximum absolute atomic E-state index is 11.8. The summed E-state index contributed by atoms with van der Waals surface area (Å²) >= 11 is 6.44. The van der Waals surface area contributed by atoms with Gasteiger partial charge in [0.25, 0.3) is 0 Å². The van der Waals surface area contributed by atoms with Gasteiger partial charge in [0.1, 0.15) is 30.5 Å². The summed E-state index contributed by atoms with van der Waals surface area (Å²) in [6.07, 6.45) is -0.0191. The van der Waals surface area contributed by atoms with Gasteiger partial charge in [-0.3, -0.25) is 4.79 Å². The highest BCUT2D eigenvalue weighted by atomic mass is 35.5. The summed E-state index contributed by atoms with van der Waals surface area (Å²) in [5, 5.41) is 1.50. The third-order valence-corrected chi connectivity index (χ3v) is 6.09. The minimum atomic E-state index is -0.778. The first-order valence-electron chi connectivity index (χ1n) is 11.8. The molecule has 6 heteroatoms. The van der Waals surface area contributed by atoms with Crippen LogP contribution in [-0.2, 0) is 18.0 Å². The molecule has 0 aliphatic heterocycles. The van der Waals surface area contributed by atoms with Gasteiger partial charge in [-0.05, 0) is 35.9 Å². The summed E-state index contributed by atoms with van der Waals surface area (Å²) in [5.74, 6) is 1.71. The molecule has 0 radical (unpaired) electrons. The van der Waals surface area contributed by atoms with Crippen molar-refractivity contribution in [2.45, 2.75) is 19.3 Å². The van der Waals surface area contributed by atoms with Crippen LogP contribution in [0.5, 0.6) is 17.2 Å². The van der Waals surface area contributed by atoms with Crippen molar-refractivity contribution in [3.8, 4) is 17.2 Å². The van der Waals surface area contributed by atoms with Crippen LogP contribution in [0, 0.1) is 0 Å². The van der Waals surface area contributed by atoms with Crippen LogP contribution in [0.25, 0.3) is 10.9 Å². The Morgan fingerprint density at radius 1 is 0.757 bits per heavy atom. The van der Waals surface area contributed by atoms with Gasteiger partial charge in [-0.25, -0.2) is 4.98 Å². The van der Waals surface area contributed by atoms with Crippen LogP contribution < -0.4 is 14.2 Å². The van der Waals surface area contributed by atoms with E-state index < -0.39 is 6.10 Å². The van der Waals surface area contributed by atoms with Gasteiger partial charge in [0.2, 0.25) is 0 Å². The van der Waals surface area contributed by atoms with E-state index >= 15 is 0 Å². The molecule has 5 aromatic rings. The Morgan fingerprint density at radius 3 is 2.30 bits per heavy atom. The third-order valence-electron chi connectivity index (χ3n) is 5.79. The number of rotatable bonds is 10. The van der Waals surface area contributed by atoms with Crippen molar-refractivity contribution in [1.29, 1.82) is 0 Å². The van der Waals surface area contributed by atoms with Gasteiger partial charge < -0.3 is 14.2 Å². The maximum Gasteiger partial charge on any atom is 0.179 e. The van der Waals surface area contributed by atoms with E-state index in [1.165, 1.54) is 0 Å². The van der Waals surface area contributed by atoms with Gasteiger partial charge in [-0.1, -0.05) is 84.4 Å². The number of carbonyl (C=O) groups excluding carboxylic acids is 1. The van der Waals surface area contributed by atoms with E-state index in [9.17, 15) is 4.79 Å². The van der Waals surface area contributed by atoms with Gasteiger partial charge >= 0.3 is 0 Å². The number of hydrogen-bond donors (Lipinski definition) is 0. The highest BCUT2D eigenvalue weighted by molar-refractivity contribution is 6.32. The molecule has 0 amide bonds. The van der Waals surface area contributed by atoms with Gasteiger partial charge in [0, 0.05) is 17.0 Å². The van der Waals surface area contributed by atoms with E-state index in [0.29, 0.717) is 28.9 Å². The van der Waals surface area contributed by atoms with E-state index in [1.807, 2.05) is 103 Å². The van der Waals surface area contributed by atoms with Crippen molar-refractivity contribution >= 4 is 28.8 Å². The topological polar surface area (TPSA) is 57.7 Å². The molecular weight excluding hydrogens is 486 g/mol. The van der Waals surface area contributed by atoms with Crippen LogP contribution >= 0.6 is 11.6 Å². The predicted octanol–water partition coefficient (Wildman–Crippen LogP) is 7.37. The summed E-state index contributed by atoms with van der Waals surface area (Å²) < 4.78 is 18.0. The molecule has 1 atom stereocenters. The lowest BCUT2D eigenvalue weighted by Crippen LogP contribution is -2.11. The number of nitrogens with zero attached hydrogens (tertiary/aromatic N) is 1. The molecule has 1 heterocycles. The van der Waals surface area contributed by atoms with Crippen LogP contribution in [0.15, 0.2) is 109 Å². The molecular formula is C31H24ClNO4. The standard InChI is InChI=1S/C31H24ClNO4/c32-28-14-6-11-24(31(28)37-30(19-34)23-9-2-1-3-10-23)20-35-26-12-7-13-27(18-26)36-21-25-17-16-22-8-4-5-15-29(22)33-25/h1-19,30H,20-21H2. The number of para-hydroxylation sites is 2. The van der Waals surface area contributed by atoms with Crippen LogP contribution in [0.4, 0.5) is 0 Å². The average molecular weight is 510 g/mol. The Labute approximate surface area is 220 Å². The monoisotopic (exact) mass is 509 g/mol.